The molecule has 0 saturated carbocycles. The molecule has 5 heteroatoms. The van der Waals surface area contributed by atoms with Gasteiger partial charge in [-0.25, -0.2) is 0 Å². The molecule has 122 valence electrons. The zero-order valence-electron chi connectivity index (χ0n) is 13.5. The zero-order valence-corrected chi connectivity index (χ0v) is 15.9. The topological polar surface area (TPSA) is 49.8 Å². The lowest BCUT2D eigenvalue weighted by Crippen LogP contribution is -2.10. The molecule has 0 saturated heterocycles. The van der Waals surface area contributed by atoms with Crippen molar-refractivity contribution < 1.29 is 0 Å². The van der Waals surface area contributed by atoms with Crippen LogP contribution < -0.4 is 5.73 Å². The molecule has 2 nitrogen and oxygen atoms in total. The lowest BCUT2D eigenvalue weighted by Gasteiger charge is -2.11. The van der Waals surface area contributed by atoms with Crippen molar-refractivity contribution in [3.8, 4) is 6.07 Å². The smallest absolute Gasteiger partial charge is 0.114 e. The van der Waals surface area contributed by atoms with Gasteiger partial charge in [0.25, 0.3) is 0 Å². The predicted octanol–water partition coefficient (Wildman–Crippen LogP) is 5.44. The normalized spacial score (nSPS) is 11.2. The van der Waals surface area contributed by atoms with Crippen molar-refractivity contribution in [2.75, 3.05) is 0 Å². The summed E-state index contributed by atoms with van der Waals surface area (Å²) in [4.78, 5) is 1.29. The minimum atomic E-state index is 0.121. The zero-order chi connectivity index (χ0) is 17.7. The summed E-state index contributed by atoms with van der Waals surface area (Å²) in [5.41, 5.74) is 10.4. The number of aryl methyl sites for hydroxylation is 1. The number of thioether (sulfide) groups is 1. The first-order valence-electron chi connectivity index (χ1n) is 7.31. The van der Waals surface area contributed by atoms with Gasteiger partial charge in [0.05, 0.1) is 5.57 Å². The Morgan fingerprint density at radius 1 is 1.29 bits per heavy atom. The molecule has 0 aromatic heterocycles. The van der Waals surface area contributed by atoms with Crippen LogP contribution in [0.2, 0.25) is 5.02 Å². The highest BCUT2D eigenvalue weighted by Gasteiger charge is 2.08. The molecule has 0 amide bonds. The number of halogens is 1. The van der Waals surface area contributed by atoms with E-state index in [-0.39, 0.29) is 4.99 Å². The lowest BCUT2D eigenvalue weighted by molar-refractivity contribution is 1.25. The van der Waals surface area contributed by atoms with Gasteiger partial charge in [0.2, 0.25) is 0 Å². The van der Waals surface area contributed by atoms with Crippen LogP contribution in [0, 0.1) is 25.2 Å². The summed E-state index contributed by atoms with van der Waals surface area (Å²) in [6.45, 7) is 4.09. The summed E-state index contributed by atoms with van der Waals surface area (Å²) in [7, 11) is 0. The van der Waals surface area contributed by atoms with Crippen LogP contribution in [0.4, 0.5) is 0 Å². The van der Waals surface area contributed by atoms with E-state index in [1.165, 1.54) is 10.5 Å². The summed E-state index contributed by atoms with van der Waals surface area (Å²) in [6, 6.07) is 14.1. The number of nitrogens with zero attached hydrogens (tertiary/aromatic N) is 1. The first-order chi connectivity index (χ1) is 11.4. The van der Waals surface area contributed by atoms with Crippen molar-refractivity contribution in [2.45, 2.75) is 24.5 Å². The Morgan fingerprint density at radius 2 is 1.96 bits per heavy atom. The van der Waals surface area contributed by atoms with Crippen molar-refractivity contribution in [3.63, 3.8) is 0 Å². The van der Waals surface area contributed by atoms with Crippen LogP contribution in [0.3, 0.4) is 0 Å². The highest BCUT2D eigenvalue weighted by Crippen LogP contribution is 2.28. The van der Waals surface area contributed by atoms with Crippen molar-refractivity contribution in [1.82, 2.24) is 0 Å². The van der Waals surface area contributed by atoms with Crippen LogP contribution >= 0.6 is 35.6 Å². The molecule has 0 aliphatic heterocycles. The first-order valence-corrected chi connectivity index (χ1v) is 9.08. The highest BCUT2D eigenvalue weighted by molar-refractivity contribution is 7.98. The summed E-state index contributed by atoms with van der Waals surface area (Å²) in [5, 5.41) is 9.90. The Morgan fingerprint density at radius 3 is 2.54 bits per heavy atom. The molecular weight excluding hydrogens is 356 g/mol. The van der Waals surface area contributed by atoms with Gasteiger partial charge in [0, 0.05) is 15.7 Å². The molecule has 0 spiro atoms. The van der Waals surface area contributed by atoms with E-state index in [0.29, 0.717) is 5.57 Å². The average molecular weight is 373 g/mol. The van der Waals surface area contributed by atoms with E-state index in [0.717, 1.165) is 27.5 Å². The van der Waals surface area contributed by atoms with Gasteiger partial charge in [-0.1, -0.05) is 41.5 Å². The first kappa shape index (κ1) is 18.5. The monoisotopic (exact) mass is 372 g/mol. The summed E-state index contributed by atoms with van der Waals surface area (Å²) in [5.74, 6) is 0.838. The average Bonchev–Trinajstić information content (AvgIpc) is 2.55. The quantitative estimate of drug-likeness (QED) is 0.328. The minimum absolute atomic E-state index is 0.121. The van der Waals surface area contributed by atoms with Crippen LogP contribution in [-0.2, 0) is 5.75 Å². The number of thiocarbonyl (C=S) groups is 1. The van der Waals surface area contributed by atoms with Crippen molar-refractivity contribution in [2.24, 2.45) is 5.73 Å². The van der Waals surface area contributed by atoms with Gasteiger partial charge in [-0.3, -0.25) is 0 Å². The highest BCUT2D eigenvalue weighted by atomic mass is 35.5. The van der Waals surface area contributed by atoms with Crippen LogP contribution in [0.25, 0.3) is 6.08 Å². The molecule has 0 aliphatic carbocycles. The molecule has 0 fully saturated rings. The summed E-state index contributed by atoms with van der Waals surface area (Å²) >= 11 is 12.6. The van der Waals surface area contributed by atoms with E-state index in [2.05, 4.69) is 19.1 Å². The van der Waals surface area contributed by atoms with E-state index >= 15 is 0 Å². The molecule has 24 heavy (non-hydrogen) atoms. The van der Waals surface area contributed by atoms with Crippen LogP contribution in [-0.4, -0.2) is 4.99 Å². The fourth-order valence-electron chi connectivity index (χ4n) is 2.27. The Bertz CT molecular complexity index is 834. The second-order valence-electron chi connectivity index (χ2n) is 5.41. The standard InChI is InChI=1S/C19H17ClN2S2/c1-12-7-14(9-15(10-21)19(22)23)13(2)16(8-12)11-24-18-5-3-17(20)4-6-18/h3-9H,11H2,1-2H3,(H2,22,23)/b15-9+. The Balaban J connectivity index is 2.30. The number of hydrogen-bond donors (Lipinski definition) is 1. The third-order valence-electron chi connectivity index (χ3n) is 3.59. The molecule has 0 radical (unpaired) electrons. The van der Waals surface area contributed by atoms with Gasteiger partial charge in [-0.05, 0) is 60.9 Å². The number of benzene rings is 2. The van der Waals surface area contributed by atoms with E-state index < -0.39 is 0 Å². The minimum Gasteiger partial charge on any atom is -0.389 e. The van der Waals surface area contributed by atoms with Crippen molar-refractivity contribution in [1.29, 1.82) is 5.26 Å². The van der Waals surface area contributed by atoms with Gasteiger partial charge in [-0.15, -0.1) is 11.8 Å². The molecule has 0 atom stereocenters. The molecule has 2 aromatic rings. The number of nitriles is 1. The van der Waals surface area contributed by atoms with E-state index in [4.69, 9.17) is 34.8 Å². The van der Waals surface area contributed by atoms with Gasteiger partial charge in [-0.2, -0.15) is 5.26 Å². The number of rotatable bonds is 5. The summed E-state index contributed by atoms with van der Waals surface area (Å²) < 4.78 is 0. The lowest BCUT2D eigenvalue weighted by atomic mass is 9.98. The maximum atomic E-state index is 9.16. The molecule has 0 heterocycles. The van der Waals surface area contributed by atoms with Gasteiger partial charge in [0.15, 0.2) is 0 Å². The predicted molar refractivity (Wildman–Crippen MR) is 107 cm³/mol. The fourth-order valence-corrected chi connectivity index (χ4v) is 3.45. The van der Waals surface area contributed by atoms with Crippen LogP contribution in [0.15, 0.2) is 46.9 Å². The van der Waals surface area contributed by atoms with E-state index in [9.17, 15) is 0 Å². The molecule has 2 aromatic carbocycles. The Hall–Kier alpha value is -1.80. The van der Waals surface area contributed by atoms with Gasteiger partial charge < -0.3 is 5.73 Å². The molecule has 2 N–H and O–H groups in total. The van der Waals surface area contributed by atoms with Crippen LogP contribution in [0.1, 0.15) is 22.3 Å². The fraction of sp³-hybridized carbons (Fsp3) is 0.158. The van der Waals surface area contributed by atoms with Gasteiger partial charge >= 0.3 is 0 Å². The van der Waals surface area contributed by atoms with Crippen molar-refractivity contribution in [3.05, 3.63) is 69.2 Å². The van der Waals surface area contributed by atoms with Crippen LogP contribution in [0.5, 0.6) is 0 Å². The van der Waals surface area contributed by atoms with Crippen molar-refractivity contribution >= 4 is 46.6 Å². The second kappa shape index (κ2) is 8.34. The summed E-state index contributed by atoms with van der Waals surface area (Å²) in [6.07, 6.45) is 1.77. The Labute approximate surface area is 157 Å². The molecule has 2 rings (SSSR count). The third-order valence-corrected chi connectivity index (χ3v) is 5.13. The maximum absolute atomic E-state index is 9.16. The molecule has 0 unspecified atom stereocenters. The molecule has 0 bridgehead atoms. The second-order valence-corrected chi connectivity index (χ2v) is 7.34. The third kappa shape index (κ3) is 4.85. The largest absolute Gasteiger partial charge is 0.389 e. The van der Waals surface area contributed by atoms with Gasteiger partial charge in [0.1, 0.15) is 11.1 Å². The van der Waals surface area contributed by atoms with E-state index in [1.807, 2.05) is 37.3 Å². The number of nitrogens with two attached hydrogens (primary N) is 1. The Kier molecular flexibility index (Phi) is 6.44. The SMILES string of the molecule is Cc1cc(/C=C(\C#N)C(N)=S)c(C)c(CSc2ccc(Cl)cc2)c1. The molecule has 0 aliphatic rings. The molecular formula is C19H17ClN2S2. The van der Waals surface area contributed by atoms with E-state index in [1.54, 1.807) is 17.8 Å². The maximum Gasteiger partial charge on any atom is 0.114 e. The number of hydrogen-bond acceptors (Lipinski definition) is 3.